The molecule has 3 nitrogen and oxygen atoms in total. The molecule has 4 heteroatoms. The number of likely N-dealkylation sites (N-methyl/N-ethyl adjacent to an activating group) is 1. The van der Waals surface area contributed by atoms with E-state index in [9.17, 15) is 4.79 Å². The molecular weight excluding hydrogens is 284 g/mol. The van der Waals surface area contributed by atoms with Crippen molar-refractivity contribution >= 4 is 17.5 Å². The first-order valence-corrected chi connectivity index (χ1v) is 8.22. The summed E-state index contributed by atoms with van der Waals surface area (Å²) in [5.74, 6) is 1.43. The maximum absolute atomic E-state index is 12.8. The average Bonchev–Trinajstić information content (AvgIpc) is 3.08. The Hall–Kier alpha value is -1.06. The molecule has 2 fully saturated rings. The van der Waals surface area contributed by atoms with Crippen molar-refractivity contribution in [1.29, 1.82) is 0 Å². The number of hydrogen-bond acceptors (Lipinski definition) is 2. The summed E-state index contributed by atoms with van der Waals surface area (Å²) in [6, 6.07) is 7.75. The fourth-order valence-corrected chi connectivity index (χ4v) is 4.18. The largest absolute Gasteiger partial charge is 0.338 e. The zero-order valence-corrected chi connectivity index (χ0v) is 13.4. The molecule has 1 aliphatic carbocycles. The minimum absolute atomic E-state index is 0.00606. The molecule has 1 saturated heterocycles. The molecule has 1 aliphatic heterocycles. The zero-order chi connectivity index (χ0) is 15.0. The summed E-state index contributed by atoms with van der Waals surface area (Å²) in [4.78, 5) is 14.7. The lowest BCUT2D eigenvalue weighted by Crippen LogP contribution is -2.45. The molecule has 0 bridgehead atoms. The third-order valence-electron chi connectivity index (χ3n) is 5.30. The topological polar surface area (TPSA) is 32.3 Å². The SMILES string of the molecule is CC(c1ccccc1Cl)N(C)C(=O)C1NCC2CCCC21. The van der Waals surface area contributed by atoms with Gasteiger partial charge in [-0.1, -0.05) is 36.2 Å². The van der Waals surface area contributed by atoms with Gasteiger partial charge in [0.05, 0.1) is 12.1 Å². The van der Waals surface area contributed by atoms with Crippen LogP contribution < -0.4 is 5.32 Å². The van der Waals surface area contributed by atoms with Crippen LogP contribution in [0.4, 0.5) is 0 Å². The van der Waals surface area contributed by atoms with Gasteiger partial charge in [-0.05, 0) is 49.8 Å². The third-order valence-corrected chi connectivity index (χ3v) is 5.64. The van der Waals surface area contributed by atoms with Crippen LogP contribution in [0.1, 0.15) is 37.8 Å². The Kier molecular flexibility index (Phi) is 4.23. The van der Waals surface area contributed by atoms with Gasteiger partial charge in [-0.25, -0.2) is 0 Å². The molecule has 1 aromatic rings. The molecule has 1 heterocycles. The fraction of sp³-hybridized carbons (Fsp3) is 0.588. The minimum Gasteiger partial charge on any atom is -0.338 e. The fourth-order valence-electron chi connectivity index (χ4n) is 3.89. The average molecular weight is 307 g/mol. The molecule has 114 valence electrons. The first kappa shape index (κ1) is 14.9. The number of rotatable bonds is 3. The number of halogens is 1. The van der Waals surface area contributed by atoms with Crippen LogP contribution in [0.25, 0.3) is 0 Å². The van der Waals surface area contributed by atoms with Gasteiger partial charge in [0.25, 0.3) is 0 Å². The second-order valence-electron chi connectivity index (χ2n) is 6.39. The van der Waals surface area contributed by atoms with E-state index in [1.165, 1.54) is 19.3 Å². The van der Waals surface area contributed by atoms with E-state index in [4.69, 9.17) is 11.6 Å². The number of amides is 1. The van der Waals surface area contributed by atoms with E-state index in [-0.39, 0.29) is 18.0 Å². The summed E-state index contributed by atoms with van der Waals surface area (Å²) < 4.78 is 0. The van der Waals surface area contributed by atoms with Gasteiger partial charge in [-0.3, -0.25) is 4.79 Å². The first-order valence-electron chi connectivity index (χ1n) is 7.84. The van der Waals surface area contributed by atoms with Crippen molar-refractivity contribution in [2.75, 3.05) is 13.6 Å². The van der Waals surface area contributed by atoms with E-state index in [2.05, 4.69) is 5.32 Å². The van der Waals surface area contributed by atoms with E-state index in [1.807, 2.05) is 43.1 Å². The number of fused-ring (bicyclic) bond motifs is 1. The Morgan fingerprint density at radius 3 is 2.90 bits per heavy atom. The van der Waals surface area contributed by atoms with Crippen LogP contribution in [-0.4, -0.2) is 30.4 Å². The molecule has 1 saturated carbocycles. The molecule has 4 unspecified atom stereocenters. The summed E-state index contributed by atoms with van der Waals surface area (Å²) in [6.45, 7) is 3.04. The maximum Gasteiger partial charge on any atom is 0.240 e. The Labute approximate surface area is 131 Å². The van der Waals surface area contributed by atoms with Crippen LogP contribution >= 0.6 is 11.6 Å². The van der Waals surface area contributed by atoms with Crippen LogP contribution in [0.2, 0.25) is 5.02 Å². The first-order chi connectivity index (χ1) is 10.1. The second kappa shape index (κ2) is 5.98. The molecule has 3 rings (SSSR count). The van der Waals surface area contributed by atoms with Gasteiger partial charge in [-0.2, -0.15) is 0 Å². The summed E-state index contributed by atoms with van der Waals surface area (Å²) in [5, 5.41) is 4.16. The van der Waals surface area contributed by atoms with Gasteiger partial charge in [-0.15, -0.1) is 0 Å². The van der Waals surface area contributed by atoms with Crippen molar-refractivity contribution in [3.63, 3.8) is 0 Å². The summed E-state index contributed by atoms with van der Waals surface area (Å²) >= 11 is 6.26. The Bertz CT molecular complexity index is 533. The molecule has 0 aromatic heterocycles. The quantitative estimate of drug-likeness (QED) is 0.930. The standard InChI is InChI=1S/C17H23ClN2O/c1-11(13-7-3-4-9-15(13)18)20(2)17(21)16-14-8-5-6-12(14)10-19-16/h3-4,7,9,11-12,14,16,19H,5-6,8,10H2,1-2H3. The van der Waals surface area contributed by atoms with Crippen LogP contribution in [0, 0.1) is 11.8 Å². The highest BCUT2D eigenvalue weighted by atomic mass is 35.5. The van der Waals surface area contributed by atoms with Crippen molar-refractivity contribution in [1.82, 2.24) is 10.2 Å². The predicted molar refractivity (Wildman–Crippen MR) is 85.3 cm³/mol. The number of carbonyl (C=O) groups is 1. The maximum atomic E-state index is 12.8. The lowest BCUT2D eigenvalue weighted by Gasteiger charge is -2.30. The zero-order valence-electron chi connectivity index (χ0n) is 12.7. The highest BCUT2D eigenvalue weighted by Crippen LogP contribution is 2.39. The molecule has 2 aliphatic rings. The van der Waals surface area contributed by atoms with Crippen LogP contribution in [-0.2, 0) is 4.79 Å². The van der Waals surface area contributed by atoms with Crippen molar-refractivity contribution in [2.45, 2.75) is 38.3 Å². The van der Waals surface area contributed by atoms with Gasteiger partial charge < -0.3 is 10.2 Å². The number of carbonyl (C=O) groups excluding carboxylic acids is 1. The summed E-state index contributed by atoms with van der Waals surface area (Å²) in [7, 11) is 1.89. The van der Waals surface area contributed by atoms with Crippen LogP contribution in [0.15, 0.2) is 24.3 Å². The number of nitrogens with zero attached hydrogens (tertiary/aromatic N) is 1. The highest BCUT2D eigenvalue weighted by Gasteiger charge is 2.43. The van der Waals surface area contributed by atoms with Crippen LogP contribution in [0.3, 0.4) is 0 Å². The molecule has 1 aromatic carbocycles. The molecule has 4 atom stereocenters. The van der Waals surface area contributed by atoms with Crippen molar-refractivity contribution in [3.8, 4) is 0 Å². The third kappa shape index (κ3) is 2.69. The van der Waals surface area contributed by atoms with E-state index >= 15 is 0 Å². The summed E-state index contributed by atoms with van der Waals surface area (Å²) in [5.41, 5.74) is 1.01. The van der Waals surface area contributed by atoms with E-state index < -0.39 is 0 Å². The number of benzene rings is 1. The second-order valence-corrected chi connectivity index (χ2v) is 6.79. The van der Waals surface area contributed by atoms with Crippen molar-refractivity contribution in [3.05, 3.63) is 34.9 Å². The van der Waals surface area contributed by atoms with Gasteiger partial charge in [0.2, 0.25) is 5.91 Å². The minimum atomic E-state index is -0.00700. The molecule has 1 N–H and O–H groups in total. The lowest BCUT2D eigenvalue weighted by molar-refractivity contribution is -0.134. The molecular formula is C17H23ClN2O. The molecule has 1 amide bonds. The van der Waals surface area contributed by atoms with Gasteiger partial charge in [0, 0.05) is 12.1 Å². The Morgan fingerprint density at radius 1 is 1.38 bits per heavy atom. The Balaban J connectivity index is 1.74. The van der Waals surface area contributed by atoms with Crippen molar-refractivity contribution in [2.24, 2.45) is 11.8 Å². The van der Waals surface area contributed by atoms with E-state index in [1.54, 1.807) is 0 Å². The van der Waals surface area contributed by atoms with E-state index in [0.717, 1.165) is 17.1 Å². The molecule has 21 heavy (non-hydrogen) atoms. The highest BCUT2D eigenvalue weighted by molar-refractivity contribution is 6.31. The number of hydrogen-bond donors (Lipinski definition) is 1. The van der Waals surface area contributed by atoms with Gasteiger partial charge in [0.15, 0.2) is 0 Å². The smallest absolute Gasteiger partial charge is 0.240 e. The monoisotopic (exact) mass is 306 g/mol. The number of nitrogens with one attached hydrogen (secondary N) is 1. The Morgan fingerprint density at radius 2 is 2.14 bits per heavy atom. The van der Waals surface area contributed by atoms with Gasteiger partial charge in [0.1, 0.15) is 0 Å². The lowest BCUT2D eigenvalue weighted by atomic mass is 9.93. The summed E-state index contributed by atoms with van der Waals surface area (Å²) in [6.07, 6.45) is 3.72. The van der Waals surface area contributed by atoms with Gasteiger partial charge >= 0.3 is 0 Å². The molecule has 0 spiro atoms. The van der Waals surface area contributed by atoms with Crippen LogP contribution in [0.5, 0.6) is 0 Å². The predicted octanol–water partition coefficient (Wildman–Crippen LogP) is 3.25. The normalized spacial score (nSPS) is 29.2. The molecule has 0 radical (unpaired) electrons. The van der Waals surface area contributed by atoms with E-state index in [0.29, 0.717) is 11.8 Å². The van der Waals surface area contributed by atoms with Crippen molar-refractivity contribution < 1.29 is 4.79 Å².